The van der Waals surface area contributed by atoms with Crippen LogP contribution in [0.25, 0.3) is 0 Å². The maximum absolute atomic E-state index is 11.7. The third-order valence-electron chi connectivity index (χ3n) is 3.82. The molecule has 0 aliphatic heterocycles. The molecule has 0 heterocycles. The van der Waals surface area contributed by atoms with Gasteiger partial charge in [-0.05, 0) is 43.4 Å². The topological polar surface area (TPSA) is 66.4 Å². The molecule has 1 amide bonds. The quantitative estimate of drug-likeness (QED) is 0.717. The van der Waals surface area contributed by atoms with Gasteiger partial charge in [-0.1, -0.05) is 13.8 Å². The summed E-state index contributed by atoms with van der Waals surface area (Å²) in [7, 11) is 0. The molecule has 0 unspecified atom stereocenters. The van der Waals surface area contributed by atoms with Crippen LogP contribution in [0, 0.1) is 11.3 Å². The molecule has 0 aromatic carbocycles. The highest BCUT2D eigenvalue weighted by molar-refractivity contribution is 5.76. The Kier molecular flexibility index (Phi) is 5.63. The van der Waals surface area contributed by atoms with E-state index in [-0.39, 0.29) is 12.3 Å². The maximum Gasteiger partial charge on any atom is 0.303 e. The van der Waals surface area contributed by atoms with Gasteiger partial charge in [0.05, 0.1) is 0 Å². The first kappa shape index (κ1) is 15.0. The number of rotatable bonds is 6. The largest absolute Gasteiger partial charge is 0.481 e. The zero-order chi connectivity index (χ0) is 13.6. The van der Waals surface area contributed by atoms with Crippen molar-refractivity contribution in [1.29, 1.82) is 0 Å². The molecule has 4 heteroatoms. The third kappa shape index (κ3) is 6.03. The molecule has 0 radical (unpaired) electrons. The zero-order valence-electron chi connectivity index (χ0n) is 11.5. The molecule has 0 aromatic rings. The molecule has 1 rings (SSSR count). The van der Waals surface area contributed by atoms with Crippen molar-refractivity contribution in [3.05, 3.63) is 0 Å². The van der Waals surface area contributed by atoms with E-state index < -0.39 is 5.97 Å². The Morgan fingerprint density at radius 3 is 2.44 bits per heavy atom. The molecule has 1 aliphatic carbocycles. The fraction of sp³-hybridized carbons (Fsp3) is 0.857. The summed E-state index contributed by atoms with van der Waals surface area (Å²) in [5.41, 5.74) is 0.439. The fourth-order valence-electron chi connectivity index (χ4n) is 2.46. The molecule has 4 nitrogen and oxygen atoms in total. The summed E-state index contributed by atoms with van der Waals surface area (Å²) in [6.45, 7) is 5.05. The van der Waals surface area contributed by atoms with E-state index in [1.807, 2.05) is 0 Å². The Hall–Kier alpha value is -1.06. The van der Waals surface area contributed by atoms with E-state index in [1.165, 1.54) is 12.8 Å². The minimum absolute atomic E-state index is 0.0742. The average Bonchev–Trinajstić information content (AvgIpc) is 2.27. The monoisotopic (exact) mass is 255 g/mol. The van der Waals surface area contributed by atoms with Gasteiger partial charge in [0, 0.05) is 19.4 Å². The van der Waals surface area contributed by atoms with Gasteiger partial charge in [-0.2, -0.15) is 0 Å². The number of aliphatic carboxylic acids is 1. The Bertz CT molecular complexity index is 289. The number of hydrogen-bond donors (Lipinski definition) is 2. The first-order valence-corrected chi connectivity index (χ1v) is 6.87. The van der Waals surface area contributed by atoms with E-state index in [9.17, 15) is 9.59 Å². The average molecular weight is 255 g/mol. The molecule has 0 aromatic heterocycles. The smallest absolute Gasteiger partial charge is 0.303 e. The highest BCUT2D eigenvalue weighted by Gasteiger charge is 2.27. The number of amides is 1. The van der Waals surface area contributed by atoms with E-state index in [0.29, 0.717) is 30.7 Å². The summed E-state index contributed by atoms with van der Waals surface area (Å²) >= 11 is 0. The zero-order valence-corrected chi connectivity index (χ0v) is 11.5. The molecule has 1 saturated carbocycles. The summed E-state index contributed by atoms with van der Waals surface area (Å²) in [5, 5.41) is 11.3. The van der Waals surface area contributed by atoms with Crippen molar-refractivity contribution in [1.82, 2.24) is 5.32 Å². The Morgan fingerprint density at radius 2 is 1.89 bits per heavy atom. The van der Waals surface area contributed by atoms with Crippen molar-refractivity contribution in [3.8, 4) is 0 Å². The van der Waals surface area contributed by atoms with Gasteiger partial charge in [0.2, 0.25) is 5.91 Å². The fourth-order valence-corrected chi connectivity index (χ4v) is 2.46. The molecular formula is C14H25NO3. The van der Waals surface area contributed by atoms with E-state index in [0.717, 1.165) is 12.8 Å². The van der Waals surface area contributed by atoms with Crippen LogP contribution in [0.1, 0.15) is 58.8 Å². The van der Waals surface area contributed by atoms with Gasteiger partial charge < -0.3 is 10.4 Å². The van der Waals surface area contributed by atoms with E-state index in [1.54, 1.807) is 0 Å². The van der Waals surface area contributed by atoms with Crippen molar-refractivity contribution in [2.45, 2.75) is 58.8 Å². The molecule has 1 fully saturated rings. The normalized spacial score (nSPS) is 19.4. The van der Waals surface area contributed by atoms with Crippen LogP contribution in [0.3, 0.4) is 0 Å². The Balaban J connectivity index is 2.11. The van der Waals surface area contributed by atoms with Gasteiger partial charge >= 0.3 is 5.97 Å². The molecule has 0 spiro atoms. The molecular weight excluding hydrogens is 230 g/mol. The molecule has 104 valence electrons. The minimum atomic E-state index is -0.807. The van der Waals surface area contributed by atoms with Crippen LogP contribution in [-0.2, 0) is 9.59 Å². The first-order chi connectivity index (χ1) is 8.39. The lowest BCUT2D eigenvalue weighted by Gasteiger charge is -2.34. The number of carbonyl (C=O) groups is 2. The second-order valence-corrected chi connectivity index (χ2v) is 6.16. The maximum atomic E-state index is 11.7. The highest BCUT2D eigenvalue weighted by Crippen LogP contribution is 2.38. The minimum Gasteiger partial charge on any atom is -0.481 e. The second kappa shape index (κ2) is 6.76. The molecule has 1 aliphatic rings. The van der Waals surface area contributed by atoms with Crippen LogP contribution in [0.15, 0.2) is 0 Å². The van der Waals surface area contributed by atoms with Crippen LogP contribution < -0.4 is 5.32 Å². The summed E-state index contributed by atoms with van der Waals surface area (Å²) in [5.74, 6) is -0.221. The summed E-state index contributed by atoms with van der Waals surface area (Å²) in [6, 6.07) is 0. The number of carboxylic acids is 1. The highest BCUT2D eigenvalue weighted by atomic mass is 16.4. The SMILES string of the molecule is CC1(C)CCC(CC(=O)NCCCC(=O)O)CC1. The summed E-state index contributed by atoms with van der Waals surface area (Å²) in [4.78, 5) is 22.0. The van der Waals surface area contributed by atoms with Gasteiger partial charge in [0.1, 0.15) is 0 Å². The van der Waals surface area contributed by atoms with Crippen LogP contribution in [0.2, 0.25) is 0 Å². The van der Waals surface area contributed by atoms with Crippen LogP contribution in [0.4, 0.5) is 0 Å². The lowest BCUT2D eigenvalue weighted by Crippen LogP contribution is -2.29. The van der Waals surface area contributed by atoms with Crippen LogP contribution in [-0.4, -0.2) is 23.5 Å². The van der Waals surface area contributed by atoms with Gasteiger partial charge in [-0.15, -0.1) is 0 Å². The van der Waals surface area contributed by atoms with Crippen molar-refractivity contribution < 1.29 is 14.7 Å². The third-order valence-corrected chi connectivity index (χ3v) is 3.82. The number of carboxylic acid groups (broad SMARTS) is 1. The Labute approximate surface area is 109 Å². The van der Waals surface area contributed by atoms with Crippen molar-refractivity contribution in [2.24, 2.45) is 11.3 Å². The van der Waals surface area contributed by atoms with Crippen molar-refractivity contribution >= 4 is 11.9 Å². The number of carbonyl (C=O) groups excluding carboxylic acids is 1. The standard InChI is InChI=1S/C14H25NO3/c1-14(2)7-5-11(6-8-14)10-12(16)15-9-3-4-13(17)18/h11H,3-10H2,1-2H3,(H,15,16)(H,17,18). The van der Waals surface area contributed by atoms with Gasteiger partial charge in [0.15, 0.2) is 0 Å². The van der Waals surface area contributed by atoms with E-state index in [4.69, 9.17) is 5.11 Å². The molecule has 0 bridgehead atoms. The lowest BCUT2D eigenvalue weighted by molar-refractivity contribution is -0.137. The molecule has 0 atom stereocenters. The lowest BCUT2D eigenvalue weighted by atomic mass is 9.72. The second-order valence-electron chi connectivity index (χ2n) is 6.16. The summed E-state index contributed by atoms with van der Waals surface area (Å²) in [6.07, 6.45) is 5.90. The van der Waals surface area contributed by atoms with Gasteiger partial charge in [-0.3, -0.25) is 9.59 Å². The molecule has 18 heavy (non-hydrogen) atoms. The van der Waals surface area contributed by atoms with E-state index in [2.05, 4.69) is 19.2 Å². The van der Waals surface area contributed by atoms with Gasteiger partial charge in [0.25, 0.3) is 0 Å². The number of hydrogen-bond acceptors (Lipinski definition) is 2. The van der Waals surface area contributed by atoms with Gasteiger partial charge in [-0.25, -0.2) is 0 Å². The first-order valence-electron chi connectivity index (χ1n) is 6.87. The van der Waals surface area contributed by atoms with Crippen LogP contribution >= 0.6 is 0 Å². The number of nitrogens with one attached hydrogen (secondary N) is 1. The van der Waals surface area contributed by atoms with Crippen molar-refractivity contribution in [3.63, 3.8) is 0 Å². The van der Waals surface area contributed by atoms with Crippen molar-refractivity contribution in [2.75, 3.05) is 6.54 Å². The summed E-state index contributed by atoms with van der Waals surface area (Å²) < 4.78 is 0. The van der Waals surface area contributed by atoms with Crippen LogP contribution in [0.5, 0.6) is 0 Å². The predicted octanol–water partition coefficient (Wildman–Crippen LogP) is 2.57. The molecule has 2 N–H and O–H groups in total. The Morgan fingerprint density at radius 1 is 1.28 bits per heavy atom. The molecule has 0 saturated heterocycles. The predicted molar refractivity (Wildman–Crippen MR) is 70.2 cm³/mol. The van der Waals surface area contributed by atoms with E-state index >= 15 is 0 Å².